The molecule has 1 aliphatic rings. The topological polar surface area (TPSA) is 111 Å². The summed E-state index contributed by atoms with van der Waals surface area (Å²) < 4.78 is 11.0. The number of amides is 2. The molecule has 1 aromatic carbocycles. The molecular formula is C19H24N4O4. The van der Waals surface area contributed by atoms with Crippen molar-refractivity contribution in [3.8, 4) is 11.5 Å². The second-order valence-electron chi connectivity index (χ2n) is 6.36. The van der Waals surface area contributed by atoms with Gasteiger partial charge in [0.05, 0.1) is 18.3 Å². The number of aromatic nitrogens is 2. The summed E-state index contributed by atoms with van der Waals surface area (Å²) in [7, 11) is 0. The number of nitrogens with two attached hydrogens (primary N) is 1. The summed E-state index contributed by atoms with van der Waals surface area (Å²) in [5.41, 5.74) is 6.16. The minimum Gasteiger partial charge on any atom is -0.494 e. The van der Waals surface area contributed by atoms with Gasteiger partial charge in [-0.25, -0.2) is 0 Å². The van der Waals surface area contributed by atoms with Crippen LogP contribution in [0.15, 0.2) is 30.3 Å². The smallest absolute Gasteiger partial charge is 0.269 e. The first-order valence-corrected chi connectivity index (χ1v) is 9.08. The second-order valence-corrected chi connectivity index (χ2v) is 6.36. The van der Waals surface area contributed by atoms with Gasteiger partial charge in [0, 0.05) is 6.54 Å². The van der Waals surface area contributed by atoms with Crippen molar-refractivity contribution >= 4 is 11.8 Å². The Morgan fingerprint density at radius 2 is 1.93 bits per heavy atom. The summed E-state index contributed by atoms with van der Waals surface area (Å²) in [6.07, 6.45) is 2.73. The van der Waals surface area contributed by atoms with E-state index in [0.29, 0.717) is 18.9 Å². The molecule has 0 radical (unpaired) electrons. The highest BCUT2D eigenvalue weighted by Crippen LogP contribution is 2.30. The molecule has 0 spiro atoms. The van der Waals surface area contributed by atoms with Crippen LogP contribution in [0.1, 0.15) is 48.4 Å². The minimum absolute atomic E-state index is 0.0543. The Kier molecular flexibility index (Phi) is 5.95. The van der Waals surface area contributed by atoms with Crippen molar-refractivity contribution in [2.75, 3.05) is 19.8 Å². The van der Waals surface area contributed by atoms with Gasteiger partial charge in [0.1, 0.15) is 17.2 Å². The maximum atomic E-state index is 12.7. The van der Waals surface area contributed by atoms with Crippen LogP contribution in [0.5, 0.6) is 11.5 Å². The average molecular weight is 372 g/mol. The summed E-state index contributed by atoms with van der Waals surface area (Å²) in [5, 5.41) is 6.76. The lowest BCUT2D eigenvalue weighted by molar-refractivity contribution is -0.137. The number of nitrogens with one attached hydrogen (secondary N) is 1. The molecule has 2 heterocycles. The number of benzene rings is 1. The van der Waals surface area contributed by atoms with E-state index in [9.17, 15) is 9.59 Å². The fourth-order valence-electron chi connectivity index (χ4n) is 3.21. The molecule has 1 aromatic heterocycles. The lowest BCUT2D eigenvalue weighted by atomic mass is 9.99. The third-order valence-corrected chi connectivity index (χ3v) is 4.53. The SMILES string of the molecule is CCOc1ccc(OCC(=O)N2CCCCC2c2cc(C(N)=O)n[nH]2)cc1. The fraction of sp³-hybridized carbons (Fsp3) is 0.421. The van der Waals surface area contributed by atoms with Gasteiger partial charge in [-0.1, -0.05) is 0 Å². The normalized spacial score (nSPS) is 16.8. The highest BCUT2D eigenvalue weighted by atomic mass is 16.5. The van der Waals surface area contributed by atoms with Gasteiger partial charge in [-0.05, 0) is 56.5 Å². The summed E-state index contributed by atoms with van der Waals surface area (Å²) in [6.45, 7) is 3.10. The molecule has 8 heteroatoms. The van der Waals surface area contributed by atoms with Gasteiger partial charge in [0.25, 0.3) is 11.8 Å². The third-order valence-electron chi connectivity index (χ3n) is 4.53. The van der Waals surface area contributed by atoms with Gasteiger partial charge >= 0.3 is 0 Å². The third kappa shape index (κ3) is 4.58. The quantitative estimate of drug-likeness (QED) is 0.773. The van der Waals surface area contributed by atoms with Gasteiger partial charge in [0.15, 0.2) is 6.61 Å². The van der Waals surface area contributed by atoms with Crippen molar-refractivity contribution in [3.63, 3.8) is 0 Å². The Labute approximate surface area is 157 Å². The highest BCUT2D eigenvalue weighted by Gasteiger charge is 2.30. The number of hydrogen-bond acceptors (Lipinski definition) is 5. The maximum absolute atomic E-state index is 12.7. The first-order valence-electron chi connectivity index (χ1n) is 9.08. The van der Waals surface area contributed by atoms with Gasteiger partial charge in [0.2, 0.25) is 0 Å². The number of carbonyl (C=O) groups is 2. The Balaban J connectivity index is 1.63. The van der Waals surface area contributed by atoms with Crippen molar-refractivity contribution in [2.45, 2.75) is 32.2 Å². The Hall–Kier alpha value is -3.03. The Morgan fingerprint density at radius 3 is 2.56 bits per heavy atom. The average Bonchev–Trinajstić information content (AvgIpc) is 3.18. The second kappa shape index (κ2) is 8.57. The molecule has 2 amide bonds. The number of likely N-dealkylation sites (tertiary alicyclic amines) is 1. The predicted molar refractivity (Wildman–Crippen MR) is 98.5 cm³/mol. The number of primary amides is 1. The summed E-state index contributed by atoms with van der Waals surface area (Å²) >= 11 is 0. The van der Waals surface area contributed by atoms with Crippen molar-refractivity contribution in [1.29, 1.82) is 0 Å². The van der Waals surface area contributed by atoms with Crippen LogP contribution in [-0.2, 0) is 4.79 Å². The zero-order valence-corrected chi connectivity index (χ0v) is 15.3. The first-order chi connectivity index (χ1) is 13.1. The summed E-state index contributed by atoms with van der Waals surface area (Å²) in [4.78, 5) is 25.8. The molecule has 2 aromatic rings. The van der Waals surface area contributed by atoms with E-state index in [1.54, 1.807) is 23.1 Å². The van der Waals surface area contributed by atoms with Crippen LogP contribution in [0.25, 0.3) is 0 Å². The molecule has 1 saturated heterocycles. The number of nitrogens with zero attached hydrogens (tertiary/aromatic N) is 2. The molecular weight excluding hydrogens is 348 g/mol. The predicted octanol–water partition coefficient (Wildman–Crippen LogP) is 2.04. The molecule has 8 nitrogen and oxygen atoms in total. The zero-order chi connectivity index (χ0) is 19.2. The Bertz CT molecular complexity index is 787. The number of piperidine rings is 1. The van der Waals surface area contributed by atoms with Crippen molar-refractivity contribution in [3.05, 3.63) is 41.7 Å². The monoisotopic (exact) mass is 372 g/mol. The van der Waals surface area contributed by atoms with Gasteiger partial charge in [-0.3, -0.25) is 14.7 Å². The molecule has 3 rings (SSSR count). The van der Waals surface area contributed by atoms with Crippen LogP contribution in [0.4, 0.5) is 0 Å². The summed E-state index contributed by atoms with van der Waals surface area (Å²) in [5.74, 6) is 0.670. The lowest BCUT2D eigenvalue weighted by Gasteiger charge is -2.35. The van der Waals surface area contributed by atoms with Crippen molar-refractivity contribution < 1.29 is 19.1 Å². The maximum Gasteiger partial charge on any atom is 0.269 e. The largest absolute Gasteiger partial charge is 0.494 e. The zero-order valence-electron chi connectivity index (χ0n) is 15.3. The van der Waals surface area contributed by atoms with Crippen LogP contribution in [0.3, 0.4) is 0 Å². The lowest BCUT2D eigenvalue weighted by Crippen LogP contribution is -2.41. The van der Waals surface area contributed by atoms with E-state index < -0.39 is 5.91 Å². The number of aromatic amines is 1. The van der Waals surface area contributed by atoms with E-state index in [2.05, 4.69) is 10.2 Å². The molecule has 1 fully saturated rings. The number of hydrogen-bond donors (Lipinski definition) is 2. The minimum atomic E-state index is -0.593. The molecule has 0 aliphatic carbocycles. The molecule has 144 valence electrons. The van der Waals surface area contributed by atoms with Crippen molar-refractivity contribution in [1.82, 2.24) is 15.1 Å². The highest BCUT2D eigenvalue weighted by molar-refractivity contribution is 5.90. The van der Waals surface area contributed by atoms with E-state index in [-0.39, 0.29) is 24.2 Å². The number of H-pyrrole nitrogens is 1. The molecule has 1 aliphatic heterocycles. The van der Waals surface area contributed by atoms with Gasteiger partial charge in [-0.2, -0.15) is 5.10 Å². The number of ether oxygens (including phenoxy) is 2. The molecule has 3 N–H and O–H groups in total. The molecule has 27 heavy (non-hydrogen) atoms. The van der Waals surface area contributed by atoms with Crippen LogP contribution in [0.2, 0.25) is 0 Å². The van der Waals surface area contributed by atoms with E-state index in [0.717, 1.165) is 30.7 Å². The van der Waals surface area contributed by atoms with Crippen LogP contribution < -0.4 is 15.2 Å². The molecule has 0 saturated carbocycles. The van der Waals surface area contributed by atoms with Gasteiger partial charge in [-0.15, -0.1) is 0 Å². The van der Waals surface area contributed by atoms with Crippen LogP contribution in [-0.4, -0.2) is 46.7 Å². The molecule has 0 bridgehead atoms. The van der Waals surface area contributed by atoms with E-state index in [1.807, 2.05) is 19.1 Å². The van der Waals surface area contributed by atoms with E-state index >= 15 is 0 Å². The fourth-order valence-corrected chi connectivity index (χ4v) is 3.21. The van der Waals surface area contributed by atoms with Crippen LogP contribution >= 0.6 is 0 Å². The standard InChI is InChI=1S/C19H24N4O4/c1-2-26-13-6-8-14(9-7-13)27-12-18(24)23-10-4-3-5-17(23)15-11-16(19(20)25)22-21-15/h6-9,11,17H,2-5,10,12H2,1H3,(H2,20,25)(H,21,22). The van der Waals surface area contributed by atoms with E-state index in [1.165, 1.54) is 0 Å². The van der Waals surface area contributed by atoms with Crippen molar-refractivity contribution in [2.24, 2.45) is 5.73 Å². The first kappa shape index (κ1) is 18.8. The van der Waals surface area contributed by atoms with E-state index in [4.69, 9.17) is 15.2 Å². The Morgan fingerprint density at radius 1 is 1.22 bits per heavy atom. The molecule has 1 unspecified atom stereocenters. The summed E-state index contributed by atoms with van der Waals surface area (Å²) in [6, 6.07) is 8.63. The van der Waals surface area contributed by atoms with Crippen LogP contribution in [0, 0.1) is 0 Å². The number of carbonyl (C=O) groups excluding carboxylic acids is 2. The molecule has 1 atom stereocenters. The van der Waals surface area contributed by atoms with Gasteiger partial charge < -0.3 is 20.1 Å². The number of rotatable bonds is 7.